The quantitative estimate of drug-likeness (QED) is 0.296. The fourth-order valence-corrected chi connectivity index (χ4v) is 3.87. The van der Waals surface area contributed by atoms with Gasteiger partial charge in [0.1, 0.15) is 5.75 Å². The number of nitrogens with zero attached hydrogens (tertiary/aromatic N) is 2. The van der Waals surface area contributed by atoms with Gasteiger partial charge < -0.3 is 9.47 Å². The first kappa shape index (κ1) is 19.7. The van der Waals surface area contributed by atoms with Crippen LogP contribution in [-0.2, 0) is 14.3 Å². The van der Waals surface area contributed by atoms with Crippen LogP contribution in [0.1, 0.15) is 12.5 Å². The number of hydrogen-bond donors (Lipinski definition) is 1. The largest absolute Gasteiger partial charge is 0.492 e. The summed E-state index contributed by atoms with van der Waals surface area (Å²) in [7, 11) is 1.24. The van der Waals surface area contributed by atoms with Crippen LogP contribution < -0.4 is 10.1 Å². The lowest BCUT2D eigenvalue weighted by Gasteiger charge is -2.09. The van der Waals surface area contributed by atoms with Crippen LogP contribution in [0.4, 0.5) is 0 Å². The second-order valence-corrected chi connectivity index (χ2v) is 7.28. The third-order valence-electron chi connectivity index (χ3n) is 2.77. The highest BCUT2D eigenvalue weighted by Gasteiger charge is 2.25. The van der Waals surface area contributed by atoms with Crippen molar-refractivity contribution in [3.63, 3.8) is 0 Å². The molecule has 0 unspecified atom stereocenters. The van der Waals surface area contributed by atoms with E-state index in [1.54, 1.807) is 0 Å². The first-order valence-electron chi connectivity index (χ1n) is 6.96. The molecule has 2 rings (SSSR count). The van der Waals surface area contributed by atoms with E-state index in [2.05, 4.69) is 52.1 Å². The molecule has 1 fully saturated rings. The van der Waals surface area contributed by atoms with E-state index in [1.807, 2.05) is 19.1 Å². The third kappa shape index (κ3) is 5.41. The number of rotatable bonds is 5. The van der Waals surface area contributed by atoms with E-state index >= 15 is 0 Å². The lowest BCUT2D eigenvalue weighted by Crippen LogP contribution is -2.19. The molecular formula is C15H13Br2N3O4S. The predicted octanol–water partition coefficient (Wildman–Crippen LogP) is 3.22. The number of carbonyl (C=O) groups excluding carboxylic acids is 2. The summed E-state index contributed by atoms with van der Waals surface area (Å²) >= 11 is 7.85. The Morgan fingerprint density at radius 1 is 1.40 bits per heavy atom. The summed E-state index contributed by atoms with van der Waals surface area (Å²) in [4.78, 5) is 23.1. The zero-order valence-electron chi connectivity index (χ0n) is 13.2. The first-order chi connectivity index (χ1) is 11.9. The van der Waals surface area contributed by atoms with Crippen LogP contribution in [0.25, 0.3) is 0 Å². The van der Waals surface area contributed by atoms with Gasteiger partial charge in [-0.3, -0.25) is 10.1 Å². The average molecular weight is 491 g/mol. The van der Waals surface area contributed by atoms with E-state index in [9.17, 15) is 9.59 Å². The van der Waals surface area contributed by atoms with Crippen LogP contribution >= 0.6 is 43.6 Å². The molecule has 7 nitrogen and oxygen atoms in total. The highest BCUT2D eigenvalue weighted by molar-refractivity contribution is 9.11. The van der Waals surface area contributed by atoms with Gasteiger partial charge in [0.15, 0.2) is 5.17 Å². The summed E-state index contributed by atoms with van der Waals surface area (Å²) in [6.07, 6.45) is 2.62. The summed E-state index contributed by atoms with van der Waals surface area (Å²) in [5.74, 6) is -0.392. The summed E-state index contributed by atoms with van der Waals surface area (Å²) in [6, 6.07) is 3.70. The first-order valence-corrected chi connectivity index (χ1v) is 9.36. The molecular weight excluding hydrogens is 478 g/mol. The molecule has 1 saturated heterocycles. The van der Waals surface area contributed by atoms with Crippen LogP contribution in [0.15, 0.2) is 42.3 Å². The van der Waals surface area contributed by atoms with E-state index in [-0.39, 0.29) is 10.1 Å². The lowest BCUT2D eigenvalue weighted by atomic mass is 10.2. The molecule has 1 amide bonds. The Morgan fingerprint density at radius 2 is 2.16 bits per heavy atom. The van der Waals surface area contributed by atoms with E-state index in [0.29, 0.717) is 17.9 Å². The van der Waals surface area contributed by atoms with Gasteiger partial charge in [0, 0.05) is 16.1 Å². The van der Waals surface area contributed by atoms with Gasteiger partial charge in [-0.15, -0.1) is 5.10 Å². The van der Waals surface area contributed by atoms with Gasteiger partial charge in [-0.1, -0.05) is 15.9 Å². The molecule has 0 atom stereocenters. The number of esters is 1. The Kier molecular flexibility index (Phi) is 7.21. The number of amides is 1. The normalized spacial score (nSPS) is 17.4. The molecule has 0 radical (unpaired) electrons. The summed E-state index contributed by atoms with van der Waals surface area (Å²) in [6.45, 7) is 2.39. The average Bonchev–Trinajstić information content (AvgIpc) is 2.90. The highest BCUT2D eigenvalue weighted by Crippen LogP contribution is 2.32. The third-order valence-corrected chi connectivity index (χ3v) is 4.72. The maximum absolute atomic E-state index is 11.7. The Bertz CT molecular complexity index is 793. The molecule has 25 heavy (non-hydrogen) atoms. The van der Waals surface area contributed by atoms with Crippen molar-refractivity contribution in [1.29, 1.82) is 0 Å². The van der Waals surface area contributed by atoms with E-state index in [1.165, 1.54) is 13.3 Å². The number of nitrogens with one attached hydrogen (secondary N) is 1. The van der Waals surface area contributed by atoms with E-state index in [0.717, 1.165) is 26.8 Å². The zero-order chi connectivity index (χ0) is 18.4. The smallest absolute Gasteiger partial charge is 0.331 e. The minimum absolute atomic E-state index is 0.195. The second-order valence-electron chi connectivity index (χ2n) is 4.48. The lowest BCUT2D eigenvalue weighted by molar-refractivity contribution is -0.135. The molecule has 1 aromatic rings. The Balaban J connectivity index is 2.19. The van der Waals surface area contributed by atoms with Gasteiger partial charge in [0.05, 0.1) is 29.3 Å². The molecule has 0 spiro atoms. The van der Waals surface area contributed by atoms with Gasteiger partial charge in [0.2, 0.25) is 0 Å². The van der Waals surface area contributed by atoms with Crippen molar-refractivity contribution in [3.8, 4) is 5.75 Å². The van der Waals surface area contributed by atoms with Crippen LogP contribution in [0.5, 0.6) is 5.75 Å². The van der Waals surface area contributed by atoms with Crippen molar-refractivity contribution in [1.82, 2.24) is 5.32 Å². The summed E-state index contributed by atoms with van der Waals surface area (Å²) in [5.41, 5.74) is 0.715. The summed E-state index contributed by atoms with van der Waals surface area (Å²) in [5, 5.41) is 10.7. The van der Waals surface area contributed by atoms with Gasteiger partial charge in [-0.25, -0.2) is 4.79 Å². The molecule has 1 aromatic carbocycles. The van der Waals surface area contributed by atoms with Crippen LogP contribution in [0, 0.1) is 0 Å². The maximum Gasteiger partial charge on any atom is 0.331 e. The van der Waals surface area contributed by atoms with Crippen LogP contribution in [0.2, 0.25) is 0 Å². The molecule has 0 bridgehead atoms. The Hall–Kier alpha value is -1.65. The van der Waals surface area contributed by atoms with E-state index in [4.69, 9.17) is 4.74 Å². The molecule has 0 aromatic heterocycles. The molecule has 1 aliphatic rings. The van der Waals surface area contributed by atoms with E-state index < -0.39 is 11.9 Å². The van der Waals surface area contributed by atoms with Crippen molar-refractivity contribution in [2.75, 3.05) is 13.7 Å². The molecule has 0 saturated carbocycles. The number of amidine groups is 1. The van der Waals surface area contributed by atoms with Gasteiger partial charge in [0.25, 0.3) is 5.91 Å². The fourth-order valence-electron chi connectivity index (χ4n) is 1.76. The maximum atomic E-state index is 11.7. The minimum atomic E-state index is -0.609. The number of methoxy groups -OCH3 is 1. The zero-order valence-corrected chi connectivity index (χ0v) is 17.2. The predicted molar refractivity (Wildman–Crippen MR) is 104 cm³/mol. The minimum Gasteiger partial charge on any atom is -0.492 e. The van der Waals surface area contributed by atoms with Crippen molar-refractivity contribution in [3.05, 3.63) is 37.6 Å². The summed E-state index contributed by atoms with van der Waals surface area (Å²) < 4.78 is 11.7. The topological polar surface area (TPSA) is 89.4 Å². The van der Waals surface area contributed by atoms with Crippen molar-refractivity contribution < 1.29 is 19.1 Å². The van der Waals surface area contributed by atoms with Crippen molar-refractivity contribution >= 4 is 66.9 Å². The monoisotopic (exact) mass is 489 g/mol. The number of halogens is 2. The molecule has 1 heterocycles. The fraction of sp³-hybridized carbons (Fsp3) is 0.200. The van der Waals surface area contributed by atoms with Crippen LogP contribution in [-0.4, -0.2) is 37.0 Å². The SMILES string of the molecule is CCOc1c(Br)cc(Br)cc1C=N/N=C1/NC(=O)/C(=C\C(=O)OC)S1. The second kappa shape index (κ2) is 9.16. The Labute approximate surface area is 165 Å². The van der Waals surface area contributed by atoms with Crippen LogP contribution in [0.3, 0.4) is 0 Å². The molecule has 0 aliphatic carbocycles. The Morgan fingerprint density at radius 3 is 2.84 bits per heavy atom. The van der Waals surface area contributed by atoms with Gasteiger partial charge in [-0.2, -0.15) is 5.10 Å². The highest BCUT2D eigenvalue weighted by atomic mass is 79.9. The van der Waals surface area contributed by atoms with Crippen molar-refractivity contribution in [2.45, 2.75) is 6.92 Å². The molecule has 10 heteroatoms. The molecule has 1 N–H and O–H groups in total. The number of thioether (sulfide) groups is 1. The standard InChI is InChI=1S/C15H13Br2N3O4S/c1-3-24-13-8(4-9(16)5-10(13)17)7-18-20-15-19-14(22)11(25-15)6-12(21)23-2/h4-7H,3H2,1-2H3,(H,19,20,22)/b11-6+,18-7?. The molecule has 132 valence electrons. The molecule has 1 aliphatic heterocycles. The van der Waals surface area contributed by atoms with Crippen molar-refractivity contribution in [2.24, 2.45) is 10.2 Å². The number of carbonyl (C=O) groups is 2. The number of ether oxygens (including phenoxy) is 2. The van der Waals surface area contributed by atoms with Gasteiger partial charge in [-0.05, 0) is 46.7 Å². The number of benzene rings is 1. The number of hydrogen-bond acceptors (Lipinski definition) is 7. The van der Waals surface area contributed by atoms with Gasteiger partial charge >= 0.3 is 5.97 Å².